The van der Waals surface area contributed by atoms with E-state index in [2.05, 4.69) is 29.4 Å². The lowest BCUT2D eigenvalue weighted by molar-refractivity contribution is 0.627. The number of rotatable bonds is 4. The maximum atomic E-state index is 5.59. The molecule has 1 aromatic heterocycles. The summed E-state index contributed by atoms with van der Waals surface area (Å²) in [4.78, 5) is 4.36. The summed E-state index contributed by atoms with van der Waals surface area (Å²) in [5.41, 5.74) is 5.59. The molecular weight excluding hydrogens is 198 g/mol. The molecular formula is C13H17N3. The monoisotopic (exact) mass is 215 g/mol. The highest BCUT2D eigenvalue weighted by Gasteiger charge is 2.03. The van der Waals surface area contributed by atoms with Crippen molar-refractivity contribution in [1.29, 1.82) is 0 Å². The van der Waals surface area contributed by atoms with Crippen LogP contribution in [0.15, 0.2) is 36.5 Å². The van der Waals surface area contributed by atoms with Gasteiger partial charge in [0.25, 0.3) is 0 Å². The van der Waals surface area contributed by atoms with Crippen LogP contribution >= 0.6 is 0 Å². The van der Waals surface area contributed by atoms with Gasteiger partial charge >= 0.3 is 0 Å². The molecule has 1 heterocycles. The second kappa shape index (κ2) is 4.94. The van der Waals surface area contributed by atoms with Crippen LogP contribution in [-0.4, -0.2) is 18.1 Å². The fourth-order valence-electron chi connectivity index (χ4n) is 1.61. The van der Waals surface area contributed by atoms with E-state index in [9.17, 15) is 0 Å². The molecule has 3 N–H and O–H groups in total. The number of hydrogen-bond donors (Lipinski definition) is 2. The van der Waals surface area contributed by atoms with Crippen LogP contribution in [0.2, 0.25) is 0 Å². The van der Waals surface area contributed by atoms with Gasteiger partial charge in [0.1, 0.15) is 5.82 Å². The third-order valence-corrected chi connectivity index (χ3v) is 2.69. The Kier molecular flexibility index (Phi) is 3.37. The lowest BCUT2D eigenvalue weighted by atomic mass is 10.1. The van der Waals surface area contributed by atoms with Gasteiger partial charge in [-0.15, -0.1) is 0 Å². The molecule has 0 bridgehead atoms. The third kappa shape index (κ3) is 2.31. The van der Waals surface area contributed by atoms with Crippen LogP contribution in [0.5, 0.6) is 0 Å². The fraction of sp³-hybridized carbons (Fsp3) is 0.308. The van der Waals surface area contributed by atoms with Crippen molar-refractivity contribution in [1.82, 2.24) is 4.98 Å². The van der Waals surface area contributed by atoms with Gasteiger partial charge in [0.15, 0.2) is 0 Å². The van der Waals surface area contributed by atoms with Crippen LogP contribution in [0.25, 0.3) is 10.8 Å². The molecule has 1 aromatic carbocycles. The number of anilines is 1. The maximum absolute atomic E-state index is 5.59. The van der Waals surface area contributed by atoms with E-state index in [4.69, 9.17) is 5.73 Å². The Morgan fingerprint density at radius 1 is 1.31 bits per heavy atom. The highest BCUT2D eigenvalue weighted by molar-refractivity contribution is 5.91. The van der Waals surface area contributed by atoms with Crippen molar-refractivity contribution in [2.75, 3.05) is 18.4 Å². The lowest BCUT2D eigenvalue weighted by Crippen LogP contribution is -2.20. The first-order valence-corrected chi connectivity index (χ1v) is 5.59. The molecule has 1 atom stereocenters. The van der Waals surface area contributed by atoms with E-state index >= 15 is 0 Å². The third-order valence-electron chi connectivity index (χ3n) is 2.69. The number of nitrogens with two attached hydrogens (primary N) is 1. The molecule has 0 aliphatic carbocycles. The number of aromatic nitrogens is 1. The minimum Gasteiger partial charge on any atom is -0.369 e. The maximum Gasteiger partial charge on any atom is 0.133 e. The molecule has 3 heteroatoms. The van der Waals surface area contributed by atoms with E-state index in [-0.39, 0.29) is 0 Å². The van der Waals surface area contributed by atoms with E-state index in [0.29, 0.717) is 12.5 Å². The summed E-state index contributed by atoms with van der Waals surface area (Å²) in [5.74, 6) is 1.40. The molecule has 0 fully saturated rings. The van der Waals surface area contributed by atoms with Gasteiger partial charge < -0.3 is 11.1 Å². The molecule has 0 radical (unpaired) electrons. The zero-order valence-corrected chi connectivity index (χ0v) is 9.48. The summed E-state index contributed by atoms with van der Waals surface area (Å²) < 4.78 is 0. The summed E-state index contributed by atoms with van der Waals surface area (Å²) in [6.45, 7) is 3.67. The molecule has 0 spiro atoms. The number of hydrogen-bond acceptors (Lipinski definition) is 3. The number of pyridine rings is 1. The first kappa shape index (κ1) is 10.9. The van der Waals surface area contributed by atoms with Gasteiger partial charge in [-0.25, -0.2) is 4.98 Å². The summed E-state index contributed by atoms with van der Waals surface area (Å²) >= 11 is 0. The SMILES string of the molecule is CC(CN)CNc1nccc2ccccc12. The Morgan fingerprint density at radius 2 is 2.12 bits per heavy atom. The molecule has 2 aromatic rings. The van der Waals surface area contributed by atoms with Gasteiger partial charge in [-0.05, 0) is 23.9 Å². The Balaban J connectivity index is 2.23. The van der Waals surface area contributed by atoms with Crippen LogP contribution in [-0.2, 0) is 0 Å². The van der Waals surface area contributed by atoms with Crippen molar-refractivity contribution in [3.63, 3.8) is 0 Å². The smallest absolute Gasteiger partial charge is 0.133 e. The molecule has 84 valence electrons. The number of benzene rings is 1. The van der Waals surface area contributed by atoms with Crippen LogP contribution in [0, 0.1) is 5.92 Å². The van der Waals surface area contributed by atoms with Crippen molar-refractivity contribution in [3.05, 3.63) is 36.5 Å². The van der Waals surface area contributed by atoms with Crippen LogP contribution in [0.4, 0.5) is 5.82 Å². The molecule has 2 rings (SSSR count). The normalized spacial score (nSPS) is 12.6. The van der Waals surface area contributed by atoms with Crippen LogP contribution in [0.3, 0.4) is 0 Å². The van der Waals surface area contributed by atoms with Gasteiger partial charge in [0.2, 0.25) is 0 Å². The number of nitrogens with zero attached hydrogens (tertiary/aromatic N) is 1. The van der Waals surface area contributed by atoms with E-state index in [0.717, 1.165) is 17.7 Å². The van der Waals surface area contributed by atoms with Gasteiger partial charge in [0.05, 0.1) is 0 Å². The molecule has 0 aliphatic heterocycles. The zero-order valence-electron chi connectivity index (χ0n) is 9.48. The zero-order chi connectivity index (χ0) is 11.4. The summed E-state index contributed by atoms with van der Waals surface area (Å²) in [5, 5.41) is 5.72. The van der Waals surface area contributed by atoms with Crippen molar-refractivity contribution in [2.45, 2.75) is 6.92 Å². The minimum atomic E-state index is 0.459. The summed E-state index contributed by atoms with van der Waals surface area (Å²) in [7, 11) is 0. The van der Waals surface area contributed by atoms with Crippen molar-refractivity contribution in [2.24, 2.45) is 11.7 Å². The Hall–Kier alpha value is -1.61. The molecule has 3 nitrogen and oxygen atoms in total. The van der Waals surface area contributed by atoms with E-state index in [1.165, 1.54) is 5.39 Å². The topological polar surface area (TPSA) is 50.9 Å². The highest BCUT2D eigenvalue weighted by atomic mass is 15.0. The minimum absolute atomic E-state index is 0.459. The fourth-order valence-corrected chi connectivity index (χ4v) is 1.61. The standard InChI is InChI=1S/C13H17N3/c1-10(8-14)9-16-13-12-5-3-2-4-11(12)6-7-15-13/h2-7,10H,8-9,14H2,1H3,(H,15,16). The van der Waals surface area contributed by atoms with Gasteiger partial charge in [-0.3, -0.25) is 0 Å². The predicted molar refractivity (Wildman–Crippen MR) is 68.5 cm³/mol. The van der Waals surface area contributed by atoms with E-state index in [1.807, 2.05) is 24.4 Å². The van der Waals surface area contributed by atoms with Crippen LogP contribution < -0.4 is 11.1 Å². The van der Waals surface area contributed by atoms with E-state index < -0.39 is 0 Å². The first-order valence-electron chi connectivity index (χ1n) is 5.59. The van der Waals surface area contributed by atoms with Crippen molar-refractivity contribution >= 4 is 16.6 Å². The molecule has 0 aliphatic rings. The van der Waals surface area contributed by atoms with E-state index in [1.54, 1.807) is 0 Å². The van der Waals surface area contributed by atoms with Crippen LogP contribution in [0.1, 0.15) is 6.92 Å². The second-order valence-electron chi connectivity index (χ2n) is 4.10. The second-order valence-corrected chi connectivity index (χ2v) is 4.10. The molecule has 1 unspecified atom stereocenters. The molecule has 0 saturated heterocycles. The highest BCUT2D eigenvalue weighted by Crippen LogP contribution is 2.20. The average Bonchev–Trinajstić information content (AvgIpc) is 2.35. The molecule has 16 heavy (non-hydrogen) atoms. The average molecular weight is 215 g/mol. The Labute approximate surface area is 95.7 Å². The van der Waals surface area contributed by atoms with Gasteiger partial charge in [0, 0.05) is 18.1 Å². The number of fused-ring (bicyclic) bond motifs is 1. The molecule has 0 amide bonds. The summed E-state index contributed by atoms with van der Waals surface area (Å²) in [6, 6.07) is 10.3. The predicted octanol–water partition coefficient (Wildman–Crippen LogP) is 2.24. The Morgan fingerprint density at radius 3 is 2.94 bits per heavy atom. The number of nitrogens with one attached hydrogen (secondary N) is 1. The lowest BCUT2D eigenvalue weighted by Gasteiger charge is -2.12. The largest absolute Gasteiger partial charge is 0.369 e. The van der Waals surface area contributed by atoms with Crippen molar-refractivity contribution in [3.8, 4) is 0 Å². The van der Waals surface area contributed by atoms with Gasteiger partial charge in [-0.2, -0.15) is 0 Å². The summed E-state index contributed by atoms with van der Waals surface area (Å²) in [6.07, 6.45) is 1.83. The van der Waals surface area contributed by atoms with Crippen molar-refractivity contribution < 1.29 is 0 Å². The quantitative estimate of drug-likeness (QED) is 0.822. The molecule has 0 saturated carbocycles. The Bertz CT molecular complexity index is 462. The van der Waals surface area contributed by atoms with Gasteiger partial charge in [-0.1, -0.05) is 31.2 Å². The first-order chi connectivity index (χ1) is 7.81.